The molecular weight excluding hydrogens is 372 g/mol. The molecule has 0 spiro atoms. The Kier molecular flexibility index (Phi) is 5.81. The number of nitrogens with zero attached hydrogens (tertiary/aromatic N) is 1. The van der Waals surface area contributed by atoms with Crippen LogP contribution in [0.1, 0.15) is 45.6 Å². The van der Waals surface area contributed by atoms with Gasteiger partial charge in [0.2, 0.25) is 5.91 Å². The van der Waals surface area contributed by atoms with Crippen molar-refractivity contribution in [3.63, 3.8) is 0 Å². The van der Waals surface area contributed by atoms with Crippen LogP contribution in [-0.4, -0.2) is 41.1 Å². The Morgan fingerprint density at radius 1 is 1.28 bits per heavy atom. The fraction of sp³-hybridized carbons (Fsp3) is 0.476. The minimum Gasteiger partial charge on any atom is -0.444 e. The number of benzene rings is 1. The Balaban J connectivity index is 1.86. The first-order valence-electron chi connectivity index (χ1n) is 9.84. The molecule has 1 aliphatic rings. The smallest absolute Gasteiger partial charge is 0.408 e. The summed E-state index contributed by atoms with van der Waals surface area (Å²) in [6.45, 7) is 5.76. The Hall–Kier alpha value is -3.03. The molecule has 8 heteroatoms. The molecule has 1 aromatic heterocycles. The van der Waals surface area contributed by atoms with Crippen molar-refractivity contribution in [2.45, 2.75) is 58.1 Å². The van der Waals surface area contributed by atoms with Gasteiger partial charge in [-0.2, -0.15) is 0 Å². The van der Waals surface area contributed by atoms with Crippen LogP contribution in [0, 0.1) is 0 Å². The number of ether oxygens (including phenoxy) is 1. The molecule has 3 rings (SSSR count). The van der Waals surface area contributed by atoms with Crippen molar-refractivity contribution in [2.75, 3.05) is 11.4 Å². The Morgan fingerprint density at radius 2 is 2.00 bits per heavy atom. The summed E-state index contributed by atoms with van der Waals surface area (Å²) in [5.74, 6) is -0.0686. The number of primary amides is 1. The van der Waals surface area contributed by atoms with Crippen molar-refractivity contribution < 1.29 is 19.1 Å². The highest BCUT2D eigenvalue weighted by molar-refractivity contribution is 6.02. The normalized spacial score (nSPS) is 14.9. The molecular formula is C21H28N4O4. The third kappa shape index (κ3) is 4.88. The van der Waals surface area contributed by atoms with Gasteiger partial charge in [-0.1, -0.05) is 18.2 Å². The Bertz CT molecular complexity index is 928. The van der Waals surface area contributed by atoms with Crippen molar-refractivity contribution in [1.82, 2.24) is 10.3 Å². The van der Waals surface area contributed by atoms with Crippen LogP contribution >= 0.6 is 0 Å². The highest BCUT2D eigenvalue weighted by atomic mass is 16.6. The molecule has 29 heavy (non-hydrogen) atoms. The van der Waals surface area contributed by atoms with Gasteiger partial charge in [0.05, 0.1) is 0 Å². The second-order valence-corrected chi connectivity index (χ2v) is 8.29. The number of hydrogen-bond acceptors (Lipinski definition) is 4. The van der Waals surface area contributed by atoms with Gasteiger partial charge < -0.3 is 20.8 Å². The van der Waals surface area contributed by atoms with Gasteiger partial charge in [0.15, 0.2) is 0 Å². The molecule has 2 aromatic rings. The third-order valence-corrected chi connectivity index (χ3v) is 4.80. The lowest BCUT2D eigenvalue weighted by molar-refractivity contribution is -0.121. The van der Waals surface area contributed by atoms with E-state index in [0.29, 0.717) is 6.54 Å². The molecule has 1 aliphatic heterocycles. The standard InChI is InChI=1S/C21H28N4O4/c1-21(2,3)29-20(28)24-16(10-11-17(22)26)19(27)25-12-6-8-14-13-7-4-5-9-15(13)23-18(14)25/h4-5,7,9,16,23H,6,8,10-12H2,1-3H3,(H2,22,26)(H,24,28)/t16-/m0/s1. The average Bonchev–Trinajstić information content (AvgIpc) is 3.01. The number of nitrogens with one attached hydrogen (secondary N) is 2. The SMILES string of the molecule is CC(C)(C)OC(=O)N[C@@H](CCC(N)=O)C(=O)N1CCCc2c1[nH]c1ccccc21. The first kappa shape index (κ1) is 20.7. The Labute approximate surface area is 169 Å². The number of aromatic amines is 1. The number of hydrogen-bond donors (Lipinski definition) is 3. The van der Waals surface area contributed by atoms with Crippen molar-refractivity contribution in [2.24, 2.45) is 5.73 Å². The summed E-state index contributed by atoms with van der Waals surface area (Å²) in [4.78, 5) is 41.9. The van der Waals surface area contributed by atoms with Gasteiger partial charge in [-0.25, -0.2) is 4.79 Å². The molecule has 0 saturated heterocycles. The monoisotopic (exact) mass is 400 g/mol. The largest absolute Gasteiger partial charge is 0.444 e. The maximum atomic E-state index is 13.3. The van der Waals surface area contributed by atoms with E-state index in [-0.39, 0.29) is 18.7 Å². The van der Waals surface area contributed by atoms with Crippen molar-refractivity contribution >= 4 is 34.6 Å². The second-order valence-electron chi connectivity index (χ2n) is 8.29. The molecule has 0 bridgehead atoms. The minimum absolute atomic E-state index is 0.0143. The maximum Gasteiger partial charge on any atom is 0.408 e. The molecule has 4 N–H and O–H groups in total. The molecule has 0 radical (unpaired) electrons. The number of fused-ring (bicyclic) bond motifs is 3. The van der Waals surface area contributed by atoms with Crippen LogP contribution in [0.4, 0.5) is 10.6 Å². The average molecular weight is 400 g/mol. The van der Waals surface area contributed by atoms with Crippen LogP contribution in [-0.2, 0) is 20.7 Å². The number of alkyl carbamates (subject to hydrolysis) is 1. The number of H-pyrrole nitrogens is 1. The summed E-state index contributed by atoms with van der Waals surface area (Å²) < 4.78 is 5.29. The van der Waals surface area contributed by atoms with E-state index in [1.807, 2.05) is 24.3 Å². The lowest BCUT2D eigenvalue weighted by Crippen LogP contribution is -2.51. The van der Waals surface area contributed by atoms with E-state index < -0.39 is 23.6 Å². The first-order chi connectivity index (χ1) is 13.7. The highest BCUT2D eigenvalue weighted by Gasteiger charge is 2.32. The van der Waals surface area contributed by atoms with Crippen LogP contribution in [0.25, 0.3) is 10.9 Å². The zero-order valence-electron chi connectivity index (χ0n) is 17.1. The van der Waals surface area contributed by atoms with E-state index in [9.17, 15) is 14.4 Å². The van der Waals surface area contributed by atoms with Gasteiger partial charge in [-0.15, -0.1) is 0 Å². The number of anilines is 1. The number of carbonyl (C=O) groups excluding carboxylic acids is 3. The number of amides is 3. The quantitative estimate of drug-likeness (QED) is 0.715. The summed E-state index contributed by atoms with van der Waals surface area (Å²) in [7, 11) is 0. The molecule has 1 aromatic carbocycles. The molecule has 0 saturated carbocycles. The molecule has 0 unspecified atom stereocenters. The van der Waals surface area contributed by atoms with E-state index in [4.69, 9.17) is 10.5 Å². The van der Waals surface area contributed by atoms with Crippen LogP contribution < -0.4 is 16.0 Å². The van der Waals surface area contributed by atoms with Crippen LogP contribution in [0.5, 0.6) is 0 Å². The molecule has 0 fully saturated rings. The number of carbonyl (C=O) groups is 3. The predicted octanol–water partition coefficient (Wildman–Crippen LogP) is 2.61. The topological polar surface area (TPSA) is 118 Å². The molecule has 8 nitrogen and oxygen atoms in total. The van der Waals surface area contributed by atoms with E-state index in [2.05, 4.69) is 10.3 Å². The number of rotatable bonds is 5. The van der Waals surface area contributed by atoms with Crippen molar-refractivity contribution in [3.8, 4) is 0 Å². The fourth-order valence-electron chi connectivity index (χ4n) is 3.60. The van der Waals surface area contributed by atoms with Crippen molar-refractivity contribution in [3.05, 3.63) is 29.8 Å². The van der Waals surface area contributed by atoms with E-state index in [1.165, 1.54) is 0 Å². The van der Waals surface area contributed by atoms with Crippen molar-refractivity contribution in [1.29, 1.82) is 0 Å². The molecule has 2 heterocycles. The van der Waals surface area contributed by atoms with Gasteiger partial charge in [-0.05, 0) is 46.1 Å². The zero-order valence-corrected chi connectivity index (χ0v) is 17.1. The predicted molar refractivity (Wildman–Crippen MR) is 111 cm³/mol. The molecule has 156 valence electrons. The molecule has 1 atom stereocenters. The number of aromatic nitrogens is 1. The van der Waals surface area contributed by atoms with Crippen LogP contribution in [0.2, 0.25) is 0 Å². The molecule has 3 amide bonds. The van der Waals surface area contributed by atoms with Gasteiger partial charge in [-0.3, -0.25) is 14.5 Å². The van der Waals surface area contributed by atoms with E-state index in [0.717, 1.165) is 35.1 Å². The summed E-state index contributed by atoms with van der Waals surface area (Å²) in [5.41, 5.74) is 6.62. The van der Waals surface area contributed by atoms with E-state index >= 15 is 0 Å². The highest BCUT2D eigenvalue weighted by Crippen LogP contribution is 2.34. The fourth-order valence-corrected chi connectivity index (χ4v) is 3.60. The third-order valence-electron chi connectivity index (χ3n) is 4.80. The number of aryl methyl sites for hydroxylation is 1. The number of nitrogens with two attached hydrogens (primary N) is 1. The minimum atomic E-state index is -0.908. The maximum absolute atomic E-state index is 13.3. The van der Waals surface area contributed by atoms with Crippen LogP contribution in [0.3, 0.4) is 0 Å². The first-order valence-corrected chi connectivity index (χ1v) is 9.84. The Morgan fingerprint density at radius 3 is 2.69 bits per heavy atom. The van der Waals surface area contributed by atoms with Gasteiger partial charge in [0.1, 0.15) is 17.5 Å². The summed E-state index contributed by atoms with van der Waals surface area (Å²) in [6.07, 6.45) is 1.08. The second kappa shape index (κ2) is 8.14. The van der Waals surface area contributed by atoms with E-state index in [1.54, 1.807) is 25.7 Å². The summed E-state index contributed by atoms with van der Waals surface area (Å²) >= 11 is 0. The summed E-state index contributed by atoms with van der Waals surface area (Å²) in [6, 6.07) is 7.00. The van der Waals surface area contributed by atoms with Gasteiger partial charge >= 0.3 is 6.09 Å². The summed E-state index contributed by atoms with van der Waals surface area (Å²) in [5, 5.41) is 3.71. The lowest BCUT2D eigenvalue weighted by Gasteiger charge is -2.31. The van der Waals surface area contributed by atoms with Gasteiger partial charge in [0.25, 0.3) is 5.91 Å². The van der Waals surface area contributed by atoms with Gasteiger partial charge in [0, 0.05) is 29.4 Å². The number of para-hydroxylation sites is 1. The molecule has 0 aliphatic carbocycles. The zero-order chi connectivity index (χ0) is 21.2. The lowest BCUT2D eigenvalue weighted by atomic mass is 10.0. The van der Waals surface area contributed by atoms with Crippen LogP contribution in [0.15, 0.2) is 24.3 Å².